The third-order valence-electron chi connectivity index (χ3n) is 3.32. The summed E-state index contributed by atoms with van der Waals surface area (Å²) in [7, 11) is 2.00. The van der Waals surface area contributed by atoms with Crippen molar-refractivity contribution in [3.05, 3.63) is 39.6 Å². The molecule has 0 aliphatic rings. The third-order valence-corrected chi connectivity index (χ3v) is 3.32. The fraction of sp³-hybridized carbons (Fsp3) is 0.385. The van der Waals surface area contributed by atoms with Crippen LogP contribution >= 0.6 is 0 Å². The lowest BCUT2D eigenvalue weighted by molar-refractivity contribution is -0.384. The first kappa shape index (κ1) is 11.6. The topological polar surface area (TPSA) is 48.1 Å². The molecule has 0 N–H and O–H groups in total. The minimum Gasteiger partial charge on any atom is -0.348 e. The lowest BCUT2D eigenvalue weighted by Gasteiger charge is -1.99. The molecule has 1 aromatic heterocycles. The van der Waals surface area contributed by atoms with E-state index in [4.69, 9.17) is 0 Å². The van der Waals surface area contributed by atoms with E-state index >= 15 is 0 Å². The number of fused-ring (bicyclic) bond motifs is 1. The Kier molecular flexibility index (Phi) is 2.88. The molecule has 2 aromatic rings. The second kappa shape index (κ2) is 4.20. The van der Waals surface area contributed by atoms with Gasteiger partial charge in [-0.25, -0.2) is 0 Å². The summed E-state index contributed by atoms with van der Waals surface area (Å²) in [5.41, 5.74) is 3.66. The molecule has 90 valence electrons. The Morgan fingerprint density at radius 3 is 2.71 bits per heavy atom. The Morgan fingerprint density at radius 2 is 2.12 bits per heavy atom. The van der Waals surface area contributed by atoms with E-state index in [1.54, 1.807) is 12.1 Å². The minimum absolute atomic E-state index is 0.167. The number of aryl methyl sites for hydroxylation is 2. The van der Waals surface area contributed by atoms with E-state index < -0.39 is 0 Å². The fourth-order valence-corrected chi connectivity index (χ4v) is 2.32. The van der Waals surface area contributed by atoms with Gasteiger partial charge in [-0.15, -0.1) is 0 Å². The summed E-state index contributed by atoms with van der Waals surface area (Å²) in [6.45, 7) is 4.19. The molecule has 0 unspecified atom stereocenters. The van der Waals surface area contributed by atoms with Gasteiger partial charge in [0, 0.05) is 35.8 Å². The van der Waals surface area contributed by atoms with Crippen molar-refractivity contribution in [3.63, 3.8) is 0 Å². The number of rotatable bonds is 3. The lowest BCUT2D eigenvalue weighted by atomic mass is 10.1. The van der Waals surface area contributed by atoms with Crippen molar-refractivity contribution in [2.24, 2.45) is 7.05 Å². The van der Waals surface area contributed by atoms with E-state index in [0.29, 0.717) is 0 Å². The molecule has 0 atom stereocenters. The fourth-order valence-electron chi connectivity index (χ4n) is 2.32. The van der Waals surface area contributed by atoms with Gasteiger partial charge in [-0.1, -0.05) is 13.3 Å². The molecule has 1 aromatic carbocycles. The van der Waals surface area contributed by atoms with Crippen molar-refractivity contribution in [1.29, 1.82) is 0 Å². The first-order chi connectivity index (χ1) is 8.06. The zero-order valence-electron chi connectivity index (χ0n) is 10.4. The summed E-state index contributed by atoms with van der Waals surface area (Å²) in [4.78, 5) is 10.5. The first-order valence-electron chi connectivity index (χ1n) is 5.78. The Hall–Kier alpha value is -1.84. The highest BCUT2D eigenvalue weighted by atomic mass is 16.6. The van der Waals surface area contributed by atoms with Crippen LogP contribution in [0.15, 0.2) is 18.2 Å². The van der Waals surface area contributed by atoms with Gasteiger partial charge in [0.25, 0.3) is 5.69 Å². The third kappa shape index (κ3) is 1.79. The zero-order chi connectivity index (χ0) is 12.6. The quantitative estimate of drug-likeness (QED) is 0.602. The second-order valence-corrected chi connectivity index (χ2v) is 4.33. The molecular weight excluding hydrogens is 216 g/mol. The van der Waals surface area contributed by atoms with Gasteiger partial charge in [-0.3, -0.25) is 10.1 Å². The van der Waals surface area contributed by atoms with Gasteiger partial charge in [-0.2, -0.15) is 0 Å². The SMILES string of the molecule is CCCc1c(C)n(C)c2ccc([N+](=O)[O-])cc12. The molecule has 0 radical (unpaired) electrons. The van der Waals surface area contributed by atoms with Gasteiger partial charge >= 0.3 is 0 Å². The van der Waals surface area contributed by atoms with Crippen molar-refractivity contribution in [2.75, 3.05) is 0 Å². The van der Waals surface area contributed by atoms with Crippen LogP contribution in [0.2, 0.25) is 0 Å². The number of hydrogen-bond acceptors (Lipinski definition) is 2. The number of hydrogen-bond donors (Lipinski definition) is 0. The van der Waals surface area contributed by atoms with E-state index in [1.165, 1.54) is 11.3 Å². The van der Waals surface area contributed by atoms with Gasteiger partial charge in [0.05, 0.1) is 4.92 Å². The largest absolute Gasteiger partial charge is 0.348 e. The van der Waals surface area contributed by atoms with Crippen LogP contribution in [0.25, 0.3) is 10.9 Å². The van der Waals surface area contributed by atoms with Gasteiger partial charge in [0.1, 0.15) is 0 Å². The van der Waals surface area contributed by atoms with E-state index in [2.05, 4.69) is 18.4 Å². The summed E-state index contributed by atoms with van der Waals surface area (Å²) >= 11 is 0. The molecule has 4 nitrogen and oxygen atoms in total. The molecule has 0 spiro atoms. The van der Waals surface area contributed by atoms with E-state index in [1.807, 2.05) is 13.1 Å². The van der Waals surface area contributed by atoms with Crippen LogP contribution in [0.4, 0.5) is 5.69 Å². The standard InChI is InChI=1S/C13H16N2O2/c1-4-5-11-9(2)14(3)13-7-6-10(15(16)17)8-12(11)13/h6-8H,4-5H2,1-3H3. The maximum atomic E-state index is 10.8. The van der Waals surface area contributed by atoms with Crippen LogP contribution in [0, 0.1) is 17.0 Å². The zero-order valence-corrected chi connectivity index (χ0v) is 10.4. The molecule has 0 aliphatic heterocycles. The van der Waals surface area contributed by atoms with Crippen molar-refractivity contribution in [2.45, 2.75) is 26.7 Å². The molecule has 0 amide bonds. The summed E-state index contributed by atoms with van der Waals surface area (Å²) in [5.74, 6) is 0. The Labute approximate surface area is 100 Å². The van der Waals surface area contributed by atoms with Crippen LogP contribution in [-0.2, 0) is 13.5 Å². The maximum Gasteiger partial charge on any atom is 0.270 e. The number of non-ortho nitro benzene ring substituents is 1. The highest BCUT2D eigenvalue weighted by Crippen LogP contribution is 2.29. The minimum atomic E-state index is -0.336. The van der Waals surface area contributed by atoms with Gasteiger partial charge in [-0.05, 0) is 25.0 Å². The summed E-state index contributed by atoms with van der Waals surface area (Å²) in [6.07, 6.45) is 2.01. The molecule has 2 rings (SSSR count). The van der Waals surface area contributed by atoms with Crippen LogP contribution < -0.4 is 0 Å². The monoisotopic (exact) mass is 232 g/mol. The Bertz CT molecular complexity index is 585. The van der Waals surface area contributed by atoms with E-state index in [9.17, 15) is 10.1 Å². The van der Waals surface area contributed by atoms with E-state index in [-0.39, 0.29) is 10.6 Å². The highest BCUT2D eigenvalue weighted by molar-refractivity contribution is 5.87. The average Bonchev–Trinajstić information content (AvgIpc) is 2.54. The Balaban J connectivity index is 2.73. The summed E-state index contributed by atoms with van der Waals surface area (Å²) in [6, 6.07) is 5.09. The molecule has 17 heavy (non-hydrogen) atoms. The van der Waals surface area contributed by atoms with Crippen LogP contribution in [0.3, 0.4) is 0 Å². The maximum absolute atomic E-state index is 10.8. The van der Waals surface area contributed by atoms with Crippen LogP contribution in [0.1, 0.15) is 24.6 Å². The smallest absolute Gasteiger partial charge is 0.270 e. The summed E-state index contributed by atoms with van der Waals surface area (Å²) < 4.78 is 2.10. The van der Waals surface area contributed by atoms with Crippen molar-refractivity contribution in [3.8, 4) is 0 Å². The van der Waals surface area contributed by atoms with Gasteiger partial charge in [0.15, 0.2) is 0 Å². The molecule has 0 saturated carbocycles. The molecule has 0 saturated heterocycles. The molecular formula is C13H16N2O2. The number of nitro groups is 1. The van der Waals surface area contributed by atoms with Crippen molar-refractivity contribution < 1.29 is 4.92 Å². The molecule has 1 heterocycles. The van der Waals surface area contributed by atoms with Crippen LogP contribution in [-0.4, -0.2) is 9.49 Å². The Morgan fingerprint density at radius 1 is 1.41 bits per heavy atom. The first-order valence-corrected chi connectivity index (χ1v) is 5.78. The summed E-state index contributed by atoms with van der Waals surface area (Å²) in [5, 5.41) is 11.8. The predicted molar refractivity (Wildman–Crippen MR) is 68.3 cm³/mol. The predicted octanol–water partition coefficient (Wildman–Crippen LogP) is 3.35. The number of benzene rings is 1. The highest BCUT2D eigenvalue weighted by Gasteiger charge is 2.14. The second-order valence-electron chi connectivity index (χ2n) is 4.33. The van der Waals surface area contributed by atoms with Crippen molar-refractivity contribution >= 4 is 16.6 Å². The van der Waals surface area contributed by atoms with Gasteiger partial charge in [0.2, 0.25) is 0 Å². The molecule has 4 heteroatoms. The lowest BCUT2D eigenvalue weighted by Crippen LogP contribution is -1.92. The average molecular weight is 232 g/mol. The number of nitrogens with zero attached hydrogens (tertiary/aromatic N) is 2. The number of nitro benzene ring substituents is 1. The normalized spacial score (nSPS) is 11.0. The van der Waals surface area contributed by atoms with Gasteiger partial charge < -0.3 is 4.57 Å². The molecule has 0 fully saturated rings. The molecule has 0 bridgehead atoms. The van der Waals surface area contributed by atoms with E-state index in [0.717, 1.165) is 23.7 Å². The van der Waals surface area contributed by atoms with Crippen molar-refractivity contribution in [1.82, 2.24) is 4.57 Å². The van der Waals surface area contributed by atoms with Crippen LogP contribution in [0.5, 0.6) is 0 Å². The molecule has 0 aliphatic carbocycles. The number of aromatic nitrogens is 1.